The van der Waals surface area contributed by atoms with Crippen molar-refractivity contribution >= 4 is 5.91 Å². The van der Waals surface area contributed by atoms with E-state index in [4.69, 9.17) is 0 Å². The molecule has 0 bridgehead atoms. The number of rotatable bonds is 4. The zero-order valence-corrected chi connectivity index (χ0v) is 13.2. The fourth-order valence-corrected chi connectivity index (χ4v) is 1.87. The Morgan fingerprint density at radius 3 is 2.40 bits per heavy atom. The van der Waals surface area contributed by atoms with Crippen molar-refractivity contribution in [2.45, 2.75) is 58.6 Å². The summed E-state index contributed by atoms with van der Waals surface area (Å²) in [6, 6.07) is 3.98. The fourth-order valence-electron chi connectivity index (χ4n) is 1.87. The predicted octanol–water partition coefficient (Wildman–Crippen LogP) is 2.71. The van der Waals surface area contributed by atoms with Gasteiger partial charge in [-0.2, -0.15) is 0 Å². The molecule has 1 amide bonds. The number of aromatic nitrogens is 1. The van der Waals surface area contributed by atoms with E-state index in [-0.39, 0.29) is 5.91 Å². The van der Waals surface area contributed by atoms with Gasteiger partial charge in [0.1, 0.15) is 5.60 Å². The first-order chi connectivity index (χ1) is 9.42. The maximum atomic E-state index is 11.9. The molecule has 0 atom stereocenters. The molecule has 0 spiro atoms. The van der Waals surface area contributed by atoms with Crippen molar-refractivity contribution in [3.8, 4) is 0 Å². The lowest BCUT2D eigenvalue weighted by Crippen LogP contribution is -2.37. The Morgan fingerprint density at radius 2 is 2.00 bits per heavy atom. The summed E-state index contributed by atoms with van der Waals surface area (Å²) in [4.78, 5) is 17.8. The summed E-state index contributed by atoms with van der Waals surface area (Å²) in [6.07, 6.45) is 3.01. The Kier molecular flexibility index (Phi) is 5.69. The zero-order valence-electron chi connectivity index (χ0n) is 13.2. The summed E-state index contributed by atoms with van der Waals surface area (Å²) in [7, 11) is 1.71. The molecule has 1 aromatic rings. The van der Waals surface area contributed by atoms with Gasteiger partial charge in [0.2, 0.25) is 0 Å². The number of carbonyl (C=O) groups is 1. The third-order valence-electron chi connectivity index (χ3n) is 3.38. The average molecular weight is 278 g/mol. The van der Waals surface area contributed by atoms with E-state index in [2.05, 4.69) is 18.8 Å². The van der Waals surface area contributed by atoms with E-state index in [1.54, 1.807) is 11.9 Å². The van der Waals surface area contributed by atoms with Crippen molar-refractivity contribution in [1.29, 1.82) is 0 Å². The van der Waals surface area contributed by atoms with E-state index in [1.165, 1.54) is 5.56 Å². The molecule has 0 aromatic carbocycles. The van der Waals surface area contributed by atoms with Crippen LogP contribution in [0.2, 0.25) is 0 Å². The summed E-state index contributed by atoms with van der Waals surface area (Å²) < 4.78 is 0. The molecule has 4 heteroatoms. The number of carbonyl (C=O) groups excluding carboxylic acids is 1. The molecular formula is C16H26N2O2. The first-order valence-corrected chi connectivity index (χ1v) is 7.35. The molecule has 2 rings (SSSR count). The van der Waals surface area contributed by atoms with Gasteiger partial charge in [0.25, 0.3) is 5.91 Å². The third-order valence-corrected chi connectivity index (χ3v) is 3.38. The lowest BCUT2D eigenvalue weighted by Gasteiger charge is -2.20. The second-order valence-electron chi connectivity index (χ2n) is 5.43. The zero-order chi connectivity index (χ0) is 15.3. The molecule has 0 saturated heterocycles. The van der Waals surface area contributed by atoms with Gasteiger partial charge in [0, 0.05) is 13.2 Å². The average Bonchev–Trinajstić information content (AvgIpc) is 3.20. The van der Waals surface area contributed by atoms with Crippen molar-refractivity contribution < 1.29 is 9.90 Å². The van der Waals surface area contributed by atoms with E-state index in [9.17, 15) is 9.90 Å². The van der Waals surface area contributed by atoms with Gasteiger partial charge in [-0.15, -0.1) is 0 Å². The van der Waals surface area contributed by atoms with Crippen LogP contribution in [-0.2, 0) is 11.3 Å². The van der Waals surface area contributed by atoms with E-state index in [0.717, 1.165) is 5.69 Å². The highest BCUT2D eigenvalue weighted by Crippen LogP contribution is 2.36. The van der Waals surface area contributed by atoms with Gasteiger partial charge in [-0.25, -0.2) is 0 Å². The second kappa shape index (κ2) is 6.84. The molecule has 112 valence electrons. The summed E-state index contributed by atoms with van der Waals surface area (Å²) in [6.45, 7) is 8.68. The molecule has 1 saturated carbocycles. The highest BCUT2D eigenvalue weighted by atomic mass is 16.3. The van der Waals surface area contributed by atoms with Gasteiger partial charge >= 0.3 is 0 Å². The van der Waals surface area contributed by atoms with Crippen molar-refractivity contribution in [2.24, 2.45) is 0 Å². The molecule has 1 aromatic heterocycles. The largest absolute Gasteiger partial charge is 0.380 e. The topological polar surface area (TPSA) is 53.4 Å². The van der Waals surface area contributed by atoms with Crippen LogP contribution in [0.3, 0.4) is 0 Å². The van der Waals surface area contributed by atoms with Crippen LogP contribution in [0.25, 0.3) is 0 Å². The maximum Gasteiger partial charge on any atom is 0.254 e. The van der Waals surface area contributed by atoms with E-state index in [1.807, 2.05) is 32.2 Å². The summed E-state index contributed by atoms with van der Waals surface area (Å²) in [5, 5.41) is 9.75. The van der Waals surface area contributed by atoms with Crippen LogP contribution in [0.1, 0.15) is 57.7 Å². The van der Waals surface area contributed by atoms with Crippen LogP contribution in [0.4, 0.5) is 0 Å². The van der Waals surface area contributed by atoms with Crippen molar-refractivity contribution in [1.82, 2.24) is 9.88 Å². The highest BCUT2D eigenvalue weighted by molar-refractivity contribution is 5.87. The lowest BCUT2D eigenvalue weighted by molar-refractivity contribution is -0.141. The SMILES string of the molecule is CC.CC(C)c1ccc(CN(C)C(=O)C2(O)CC2)nc1. The van der Waals surface area contributed by atoms with E-state index < -0.39 is 5.60 Å². The first kappa shape index (κ1) is 16.6. The minimum absolute atomic E-state index is 0.197. The van der Waals surface area contributed by atoms with Crippen LogP contribution >= 0.6 is 0 Å². The van der Waals surface area contributed by atoms with Crippen LogP contribution < -0.4 is 0 Å². The second-order valence-corrected chi connectivity index (χ2v) is 5.43. The molecule has 0 unspecified atom stereocenters. The Morgan fingerprint density at radius 1 is 1.40 bits per heavy atom. The Hall–Kier alpha value is -1.42. The number of pyridine rings is 1. The van der Waals surface area contributed by atoms with Gasteiger partial charge < -0.3 is 10.0 Å². The molecule has 1 N–H and O–H groups in total. The third kappa shape index (κ3) is 4.04. The molecule has 1 heterocycles. The summed E-state index contributed by atoms with van der Waals surface area (Å²) in [5.41, 5.74) is 0.945. The summed E-state index contributed by atoms with van der Waals surface area (Å²) >= 11 is 0. The minimum Gasteiger partial charge on any atom is -0.380 e. The standard InChI is InChI=1S/C14H20N2O2.C2H6/c1-10(2)11-4-5-12(15-8-11)9-16(3)13(17)14(18)6-7-14;1-2/h4-5,8,10,18H,6-7,9H2,1-3H3;1-2H3. The number of hydrogen-bond donors (Lipinski definition) is 1. The lowest BCUT2D eigenvalue weighted by atomic mass is 10.1. The Bertz CT molecular complexity index is 436. The van der Waals surface area contributed by atoms with Gasteiger partial charge in [-0.3, -0.25) is 9.78 Å². The van der Waals surface area contributed by atoms with Crippen molar-refractivity contribution in [3.63, 3.8) is 0 Å². The van der Waals surface area contributed by atoms with Gasteiger partial charge in [0.05, 0.1) is 12.2 Å². The number of hydrogen-bond acceptors (Lipinski definition) is 3. The predicted molar refractivity (Wildman–Crippen MR) is 80.3 cm³/mol. The van der Waals surface area contributed by atoms with Crippen LogP contribution in [0.5, 0.6) is 0 Å². The number of nitrogens with zero attached hydrogens (tertiary/aromatic N) is 2. The summed E-state index contributed by atoms with van der Waals surface area (Å²) in [5.74, 6) is 0.260. The van der Waals surface area contributed by atoms with Gasteiger partial charge in [0.15, 0.2) is 0 Å². The number of aliphatic hydroxyl groups is 1. The molecule has 1 aliphatic rings. The fraction of sp³-hybridized carbons (Fsp3) is 0.625. The number of amides is 1. The molecular weight excluding hydrogens is 252 g/mol. The number of likely N-dealkylation sites (N-methyl/N-ethyl adjacent to an activating group) is 1. The molecule has 1 aliphatic carbocycles. The molecule has 0 radical (unpaired) electrons. The normalized spacial score (nSPS) is 15.3. The van der Waals surface area contributed by atoms with Crippen LogP contribution in [0, 0.1) is 0 Å². The molecule has 4 nitrogen and oxygen atoms in total. The van der Waals surface area contributed by atoms with Gasteiger partial charge in [-0.1, -0.05) is 33.8 Å². The first-order valence-electron chi connectivity index (χ1n) is 7.35. The quantitative estimate of drug-likeness (QED) is 0.921. The Balaban J connectivity index is 0.000000956. The van der Waals surface area contributed by atoms with Crippen LogP contribution in [-0.4, -0.2) is 33.5 Å². The maximum absolute atomic E-state index is 11.9. The molecule has 1 fully saturated rings. The molecule has 0 aliphatic heterocycles. The van der Waals surface area contributed by atoms with E-state index in [0.29, 0.717) is 25.3 Å². The van der Waals surface area contributed by atoms with Crippen molar-refractivity contribution in [2.75, 3.05) is 7.05 Å². The van der Waals surface area contributed by atoms with Gasteiger partial charge in [-0.05, 0) is 30.4 Å². The van der Waals surface area contributed by atoms with Crippen molar-refractivity contribution in [3.05, 3.63) is 29.6 Å². The smallest absolute Gasteiger partial charge is 0.254 e. The minimum atomic E-state index is -1.09. The molecule has 20 heavy (non-hydrogen) atoms. The highest BCUT2D eigenvalue weighted by Gasteiger charge is 2.49. The Labute approximate surface area is 121 Å². The van der Waals surface area contributed by atoms with E-state index >= 15 is 0 Å². The monoisotopic (exact) mass is 278 g/mol. The van der Waals surface area contributed by atoms with Crippen LogP contribution in [0.15, 0.2) is 18.3 Å².